The Kier molecular flexibility index (Phi) is 6.69. The Balaban J connectivity index is 0.00000117. The minimum absolute atomic E-state index is 0.0459. The number of ether oxygens (including phenoxy) is 2. The maximum absolute atomic E-state index is 13.9. The molecule has 5 heteroatoms. The van der Waals surface area contributed by atoms with Crippen molar-refractivity contribution in [1.29, 1.82) is 0 Å². The van der Waals surface area contributed by atoms with Gasteiger partial charge in [-0.05, 0) is 17.7 Å². The molecule has 0 spiro atoms. The molecule has 2 aromatic rings. The number of hydrogen-bond donors (Lipinski definition) is 1. The highest BCUT2D eigenvalue weighted by Crippen LogP contribution is 2.37. The molecule has 4 nitrogen and oxygen atoms in total. The van der Waals surface area contributed by atoms with Crippen LogP contribution in [0.2, 0.25) is 0 Å². The molecule has 2 aromatic carbocycles. The van der Waals surface area contributed by atoms with E-state index in [-0.39, 0.29) is 22.5 Å². The SMILES string of the molecule is CC.COc1c(F)cccc1C1=C(/C=C/c2ccccc2)C(=O)OC1O. The van der Waals surface area contributed by atoms with Crippen molar-refractivity contribution in [2.45, 2.75) is 20.1 Å². The van der Waals surface area contributed by atoms with Gasteiger partial charge in [-0.2, -0.15) is 0 Å². The summed E-state index contributed by atoms with van der Waals surface area (Å²) in [6, 6.07) is 13.7. The number of rotatable bonds is 4. The second-order valence-electron chi connectivity index (χ2n) is 5.15. The highest BCUT2D eigenvalue weighted by molar-refractivity contribution is 6.06. The van der Waals surface area contributed by atoms with Crippen LogP contribution in [0.4, 0.5) is 4.39 Å². The number of cyclic esters (lactones) is 1. The normalized spacial score (nSPS) is 16.3. The first kappa shape index (κ1) is 19.4. The Hall–Kier alpha value is -2.92. The van der Waals surface area contributed by atoms with Gasteiger partial charge in [-0.15, -0.1) is 0 Å². The van der Waals surface area contributed by atoms with Gasteiger partial charge in [0, 0.05) is 11.1 Å². The van der Waals surface area contributed by atoms with Gasteiger partial charge in [-0.25, -0.2) is 9.18 Å². The lowest BCUT2D eigenvalue weighted by Crippen LogP contribution is -2.10. The summed E-state index contributed by atoms with van der Waals surface area (Å²) in [5.74, 6) is -1.30. The second-order valence-corrected chi connectivity index (χ2v) is 5.15. The van der Waals surface area contributed by atoms with E-state index in [0.29, 0.717) is 0 Å². The van der Waals surface area contributed by atoms with E-state index < -0.39 is 18.1 Å². The molecular weight excluding hydrogens is 335 g/mol. The number of hydrogen-bond acceptors (Lipinski definition) is 4. The number of benzene rings is 2. The average Bonchev–Trinajstić information content (AvgIpc) is 2.95. The zero-order chi connectivity index (χ0) is 19.1. The second kappa shape index (κ2) is 8.97. The molecule has 136 valence electrons. The van der Waals surface area contributed by atoms with Crippen molar-refractivity contribution in [3.8, 4) is 5.75 Å². The summed E-state index contributed by atoms with van der Waals surface area (Å²) in [6.07, 6.45) is 1.80. The smallest absolute Gasteiger partial charge is 0.341 e. The van der Waals surface area contributed by atoms with E-state index in [0.717, 1.165) is 5.56 Å². The van der Waals surface area contributed by atoms with E-state index in [9.17, 15) is 14.3 Å². The molecule has 0 amide bonds. The number of methoxy groups -OCH3 is 1. The molecule has 1 heterocycles. The largest absolute Gasteiger partial charge is 0.493 e. The highest BCUT2D eigenvalue weighted by atomic mass is 19.1. The lowest BCUT2D eigenvalue weighted by molar-refractivity contribution is -0.150. The molecule has 1 atom stereocenters. The van der Waals surface area contributed by atoms with Crippen molar-refractivity contribution in [3.63, 3.8) is 0 Å². The van der Waals surface area contributed by atoms with Crippen LogP contribution >= 0.6 is 0 Å². The summed E-state index contributed by atoms with van der Waals surface area (Å²) in [6.45, 7) is 4.00. The Morgan fingerprint density at radius 1 is 1.08 bits per heavy atom. The maximum Gasteiger partial charge on any atom is 0.341 e. The highest BCUT2D eigenvalue weighted by Gasteiger charge is 2.34. The van der Waals surface area contributed by atoms with Crippen molar-refractivity contribution in [3.05, 3.63) is 77.1 Å². The van der Waals surface area contributed by atoms with Crippen molar-refractivity contribution >= 4 is 17.6 Å². The molecule has 0 radical (unpaired) electrons. The Bertz CT molecular complexity index is 825. The van der Waals surface area contributed by atoms with Gasteiger partial charge in [-0.3, -0.25) is 0 Å². The van der Waals surface area contributed by atoms with E-state index in [1.54, 1.807) is 18.2 Å². The zero-order valence-electron chi connectivity index (χ0n) is 14.9. The van der Waals surface area contributed by atoms with Gasteiger partial charge in [0.2, 0.25) is 6.29 Å². The standard InChI is InChI=1S/C19H15FO4.C2H6/c1-23-17-13(8-5-9-15(17)20)16-14(18(21)24-19(16)22)11-10-12-6-3-2-4-7-12;1-2/h2-11,19,22H,1H3;1-2H3/b11-10+;. The fourth-order valence-electron chi connectivity index (χ4n) is 2.57. The Morgan fingerprint density at radius 2 is 1.77 bits per heavy atom. The summed E-state index contributed by atoms with van der Waals surface area (Å²) in [7, 11) is 1.33. The summed E-state index contributed by atoms with van der Waals surface area (Å²) in [5, 5.41) is 10.1. The molecule has 0 bridgehead atoms. The van der Waals surface area contributed by atoms with Crippen LogP contribution in [0.5, 0.6) is 5.75 Å². The van der Waals surface area contributed by atoms with E-state index in [1.165, 1.54) is 19.2 Å². The van der Waals surface area contributed by atoms with Gasteiger partial charge in [0.25, 0.3) is 0 Å². The fourth-order valence-corrected chi connectivity index (χ4v) is 2.57. The van der Waals surface area contributed by atoms with Crippen molar-refractivity contribution < 1.29 is 23.8 Å². The van der Waals surface area contributed by atoms with Crippen LogP contribution in [0.1, 0.15) is 25.0 Å². The van der Waals surface area contributed by atoms with Crippen LogP contribution in [-0.4, -0.2) is 24.5 Å². The number of halogens is 1. The van der Waals surface area contributed by atoms with E-state index in [1.807, 2.05) is 44.2 Å². The first-order valence-electron chi connectivity index (χ1n) is 8.31. The zero-order valence-corrected chi connectivity index (χ0v) is 14.9. The summed E-state index contributed by atoms with van der Waals surface area (Å²) < 4.78 is 23.9. The predicted molar refractivity (Wildman–Crippen MR) is 98.8 cm³/mol. The van der Waals surface area contributed by atoms with Gasteiger partial charge in [-0.1, -0.05) is 62.4 Å². The molecule has 26 heavy (non-hydrogen) atoms. The molecule has 1 aliphatic heterocycles. The predicted octanol–water partition coefficient (Wildman–Crippen LogP) is 4.20. The topological polar surface area (TPSA) is 55.8 Å². The molecular formula is C21H21FO4. The summed E-state index contributed by atoms with van der Waals surface area (Å²) >= 11 is 0. The molecule has 0 fully saturated rings. The maximum atomic E-state index is 13.9. The number of carbonyl (C=O) groups is 1. The minimum Gasteiger partial charge on any atom is -0.493 e. The molecule has 1 aliphatic rings. The van der Waals surface area contributed by atoms with E-state index in [2.05, 4.69) is 0 Å². The van der Waals surface area contributed by atoms with Crippen LogP contribution in [0.3, 0.4) is 0 Å². The average molecular weight is 356 g/mol. The molecule has 0 aliphatic carbocycles. The van der Waals surface area contributed by atoms with Crippen molar-refractivity contribution in [1.82, 2.24) is 0 Å². The molecule has 1 N–H and O–H groups in total. The summed E-state index contributed by atoms with van der Waals surface area (Å²) in [4.78, 5) is 12.0. The third-order valence-corrected chi connectivity index (χ3v) is 3.68. The van der Waals surface area contributed by atoms with Crippen LogP contribution < -0.4 is 4.74 Å². The number of aliphatic hydroxyl groups excluding tert-OH is 1. The third kappa shape index (κ3) is 4.00. The summed E-state index contributed by atoms with van der Waals surface area (Å²) in [5.41, 5.74) is 1.51. The molecule has 3 rings (SSSR count). The van der Waals surface area contributed by atoms with Gasteiger partial charge in [0.15, 0.2) is 11.6 Å². The van der Waals surface area contributed by atoms with Crippen LogP contribution in [0.25, 0.3) is 11.6 Å². The molecule has 0 aromatic heterocycles. The van der Waals surface area contributed by atoms with Crippen LogP contribution in [0, 0.1) is 5.82 Å². The fraction of sp³-hybridized carbons (Fsp3) is 0.190. The number of carbonyl (C=O) groups excluding carboxylic acids is 1. The first-order chi connectivity index (χ1) is 12.6. The molecule has 1 unspecified atom stereocenters. The van der Waals surface area contributed by atoms with Gasteiger partial charge >= 0.3 is 5.97 Å². The lowest BCUT2D eigenvalue weighted by Gasteiger charge is -2.12. The molecule has 0 saturated carbocycles. The lowest BCUT2D eigenvalue weighted by atomic mass is 9.99. The quantitative estimate of drug-likeness (QED) is 0.834. The Morgan fingerprint density at radius 3 is 2.42 bits per heavy atom. The monoisotopic (exact) mass is 356 g/mol. The molecule has 0 saturated heterocycles. The minimum atomic E-state index is -1.47. The number of para-hydroxylation sites is 1. The van der Waals surface area contributed by atoms with Crippen LogP contribution in [0.15, 0.2) is 60.2 Å². The first-order valence-corrected chi connectivity index (χ1v) is 8.31. The number of aliphatic hydroxyl groups is 1. The van der Waals surface area contributed by atoms with E-state index in [4.69, 9.17) is 9.47 Å². The van der Waals surface area contributed by atoms with Gasteiger partial charge < -0.3 is 14.6 Å². The third-order valence-electron chi connectivity index (χ3n) is 3.68. The Labute approximate surface area is 152 Å². The van der Waals surface area contributed by atoms with Crippen molar-refractivity contribution in [2.75, 3.05) is 7.11 Å². The van der Waals surface area contributed by atoms with Crippen LogP contribution in [-0.2, 0) is 9.53 Å². The van der Waals surface area contributed by atoms with Crippen molar-refractivity contribution in [2.24, 2.45) is 0 Å². The number of esters is 1. The van der Waals surface area contributed by atoms with Gasteiger partial charge in [0.05, 0.1) is 12.7 Å². The van der Waals surface area contributed by atoms with E-state index >= 15 is 0 Å². The van der Waals surface area contributed by atoms with Gasteiger partial charge in [0.1, 0.15) is 0 Å².